The first-order valence-corrected chi connectivity index (χ1v) is 23.0. The van der Waals surface area contributed by atoms with Crippen LogP contribution in [0.5, 0.6) is 0 Å². The maximum absolute atomic E-state index is 14.6. The third-order valence-corrected chi connectivity index (χ3v) is 13.9. The summed E-state index contributed by atoms with van der Waals surface area (Å²) in [6.45, 7) is 13.6. The number of likely N-dealkylation sites (N-methyl/N-ethyl adjacent to an activating group) is 2. The van der Waals surface area contributed by atoms with E-state index in [9.17, 15) is 24.4 Å². The number of nitrogens with zero attached hydrogens (tertiary/aromatic N) is 8. The van der Waals surface area contributed by atoms with Gasteiger partial charge in [0.15, 0.2) is 0 Å². The van der Waals surface area contributed by atoms with Crippen LogP contribution in [0.3, 0.4) is 0 Å². The van der Waals surface area contributed by atoms with Crippen LogP contribution in [0, 0.1) is 22.7 Å². The van der Waals surface area contributed by atoms with E-state index >= 15 is 0 Å². The molecule has 4 amide bonds. The second-order valence-corrected chi connectivity index (χ2v) is 19.7. The third-order valence-electron chi connectivity index (χ3n) is 13.0. The number of nitriles is 1. The van der Waals surface area contributed by atoms with E-state index in [1.54, 1.807) is 44.2 Å². The van der Waals surface area contributed by atoms with Gasteiger partial charge in [-0.15, -0.1) is 11.3 Å². The molecule has 6 heterocycles. The quantitative estimate of drug-likeness (QED) is 0.154. The van der Waals surface area contributed by atoms with Crippen molar-refractivity contribution >= 4 is 100 Å². The molecule has 16 nitrogen and oxygen atoms in total. The molecule has 0 saturated carbocycles. The fourth-order valence-electron chi connectivity index (χ4n) is 9.26. The minimum atomic E-state index is -1.08. The summed E-state index contributed by atoms with van der Waals surface area (Å²) >= 11 is 1.40. The molecule has 0 aliphatic carbocycles. The Labute approximate surface area is 462 Å². The maximum atomic E-state index is 14.6. The summed E-state index contributed by atoms with van der Waals surface area (Å²) in [7, 11) is 6.87. The number of hydrogen-bond acceptors (Lipinski definition) is 12. The topological polar surface area (TPSA) is 178 Å². The lowest BCUT2D eigenvalue weighted by molar-refractivity contribution is -0.155. The van der Waals surface area contributed by atoms with Crippen molar-refractivity contribution in [2.45, 2.75) is 133 Å². The zero-order chi connectivity index (χ0) is 46.2. The standard InChI is InChI=1S/C47H62N10O6S.4CH4.4H2S/c1-11-56-37-17-16-30-20-32(37)33(41(56)31-14-12-18-49-39(31)29(4)62-10)22-46(5,6)27-63-44(60)34-15-13-19-57(52-34)43(59)35(21-38-50-36(30)23-64-38)51-42(58)40(28(2)3)54(9)45(61)55-25-47(24-48,26-55)53(7)8;;;;;;;;/h12,14,16-18,20,23,28-29,34-35,40,52H,11,13,15,19,21-22,25-27H2,1-10H3,(H,51,58);4*1H4;4*1H2/t29-,34-,35-,40-;;;;;;;;/m0......../s1. The normalized spacial score (nSPS) is 18.5. The monoisotopic (exact) mass is 1090 g/mol. The highest BCUT2D eigenvalue weighted by molar-refractivity contribution is 7.59. The number of amides is 4. The molecular weight excluding hydrogens is 1010 g/mol. The van der Waals surface area contributed by atoms with Crippen molar-refractivity contribution in [1.82, 2.24) is 45.0 Å². The molecule has 72 heavy (non-hydrogen) atoms. The van der Waals surface area contributed by atoms with Gasteiger partial charge in [-0.25, -0.2) is 15.2 Å². The number of fused-ring (bicyclic) bond motifs is 6. The van der Waals surface area contributed by atoms with Crippen molar-refractivity contribution in [2.24, 2.45) is 11.3 Å². The second kappa shape index (κ2) is 28.6. The zero-order valence-electron chi connectivity index (χ0n) is 40.7. The van der Waals surface area contributed by atoms with Gasteiger partial charge in [0, 0.05) is 72.7 Å². The summed E-state index contributed by atoms with van der Waals surface area (Å²) in [5.74, 6) is -1.70. The van der Waals surface area contributed by atoms with Crippen molar-refractivity contribution in [3.05, 3.63) is 58.2 Å². The molecule has 3 aliphatic heterocycles. The fraction of sp³-hybridized carbons (Fsp3) is 0.588. The van der Waals surface area contributed by atoms with E-state index in [0.717, 1.165) is 44.7 Å². The Bertz CT molecular complexity index is 2470. The number of hydrazine groups is 1. The van der Waals surface area contributed by atoms with Gasteiger partial charge in [0.1, 0.15) is 23.7 Å². The fourth-order valence-corrected chi connectivity index (χ4v) is 10.1. The van der Waals surface area contributed by atoms with E-state index < -0.39 is 46.9 Å². The summed E-state index contributed by atoms with van der Waals surface area (Å²) in [5, 5.41) is 17.9. The van der Waals surface area contributed by atoms with Crippen LogP contribution in [0.1, 0.15) is 106 Å². The average molecular weight is 1100 g/mol. The van der Waals surface area contributed by atoms with Gasteiger partial charge in [-0.2, -0.15) is 59.2 Å². The number of urea groups is 1. The Balaban J connectivity index is 0. The highest BCUT2D eigenvalue weighted by Crippen LogP contribution is 2.42. The molecule has 3 aliphatic rings. The first-order valence-electron chi connectivity index (χ1n) is 22.2. The van der Waals surface area contributed by atoms with Gasteiger partial charge < -0.3 is 29.2 Å². The van der Waals surface area contributed by atoms with Crippen LogP contribution in [-0.4, -0.2) is 136 Å². The number of benzene rings is 1. The Morgan fingerprint density at radius 3 is 2.32 bits per heavy atom. The maximum Gasteiger partial charge on any atom is 0.324 e. The van der Waals surface area contributed by atoms with E-state index in [1.807, 2.05) is 32.2 Å². The summed E-state index contributed by atoms with van der Waals surface area (Å²) in [6.07, 6.45) is 3.19. The van der Waals surface area contributed by atoms with Crippen LogP contribution in [0.25, 0.3) is 33.4 Å². The first kappa shape index (κ1) is 70.1. The number of hydrogen-bond donors (Lipinski definition) is 2. The molecule has 2 fully saturated rings. The minimum absolute atomic E-state index is 0. The second-order valence-electron chi connectivity index (χ2n) is 18.7. The van der Waals surface area contributed by atoms with Crippen molar-refractivity contribution < 1.29 is 28.7 Å². The zero-order valence-corrected chi connectivity index (χ0v) is 45.5. The molecule has 0 unspecified atom stereocenters. The molecule has 6 bridgehead atoms. The van der Waals surface area contributed by atoms with Gasteiger partial charge in [-0.05, 0) is 83.0 Å². The van der Waals surface area contributed by atoms with Crippen LogP contribution >= 0.6 is 65.3 Å². The number of carbonyl (C=O) groups is 4. The van der Waals surface area contributed by atoms with E-state index in [4.69, 9.17) is 19.4 Å². The molecule has 406 valence electrons. The van der Waals surface area contributed by atoms with Crippen LogP contribution in [0.15, 0.2) is 41.9 Å². The predicted molar refractivity (Wildman–Crippen MR) is 313 cm³/mol. The number of rotatable bonds is 9. The number of nitrogens with one attached hydrogen (secondary N) is 2. The van der Waals surface area contributed by atoms with Crippen LogP contribution in [0.2, 0.25) is 0 Å². The number of esters is 1. The minimum Gasteiger partial charge on any atom is -0.464 e. The highest BCUT2D eigenvalue weighted by Gasteiger charge is 2.49. The number of thiazole rings is 1. The number of cyclic esters (lactones) is 1. The largest absolute Gasteiger partial charge is 0.464 e. The molecule has 3 aromatic heterocycles. The number of carbonyl (C=O) groups excluding carboxylic acids is 4. The highest BCUT2D eigenvalue weighted by atomic mass is 32.1. The first-order chi connectivity index (χ1) is 30.4. The van der Waals surface area contributed by atoms with Gasteiger partial charge in [0.2, 0.25) is 5.91 Å². The lowest BCUT2D eigenvalue weighted by atomic mass is 9.84. The molecule has 0 spiro atoms. The van der Waals surface area contributed by atoms with Gasteiger partial charge in [-0.3, -0.25) is 29.3 Å². The van der Waals surface area contributed by atoms with Crippen molar-refractivity contribution in [3.63, 3.8) is 0 Å². The number of ether oxygens (including phenoxy) is 2. The van der Waals surface area contributed by atoms with Gasteiger partial charge in [0.25, 0.3) is 5.91 Å². The molecule has 4 atom stereocenters. The summed E-state index contributed by atoms with van der Waals surface area (Å²) in [6, 6.07) is 9.53. The predicted octanol–water partition coefficient (Wildman–Crippen LogP) is 8.41. The van der Waals surface area contributed by atoms with Gasteiger partial charge in [-0.1, -0.05) is 63.5 Å². The summed E-state index contributed by atoms with van der Waals surface area (Å²) < 4.78 is 14.2. The Kier molecular flexibility index (Phi) is 27.8. The SMILES string of the molecule is C.C.C.C.CCn1c(-c2cccnc2[C@H](C)OC)c2c3cc(ccc31)-c1csc(n1)C[C@H](NC(=O)[C@H](C(C)C)N(C)C(=O)N1CC(C#N)(N(C)C)C1)C(=O)N1CCC[C@H](N1)C(=O)OCC(C)(C)C2.S.S.S.S. The average Bonchev–Trinajstić information content (AvgIpc) is 3.85. The lowest BCUT2D eigenvalue weighted by Gasteiger charge is -2.50. The van der Waals surface area contributed by atoms with E-state index in [1.165, 1.54) is 21.2 Å². The van der Waals surface area contributed by atoms with Crippen LogP contribution in [0.4, 0.5) is 4.79 Å². The Hall–Kier alpha value is -4.01. The molecule has 7 rings (SSSR count). The molecule has 1 aromatic carbocycles. The molecule has 0 radical (unpaired) electrons. The summed E-state index contributed by atoms with van der Waals surface area (Å²) in [4.78, 5) is 71.2. The van der Waals surface area contributed by atoms with Crippen LogP contribution < -0.4 is 10.7 Å². The summed E-state index contributed by atoms with van der Waals surface area (Å²) in [5.41, 5.74) is 8.46. The van der Waals surface area contributed by atoms with E-state index in [-0.39, 0.29) is 128 Å². The molecule has 2 saturated heterocycles. The Morgan fingerprint density at radius 1 is 1.06 bits per heavy atom. The van der Waals surface area contributed by atoms with Gasteiger partial charge in [0.05, 0.1) is 54.0 Å². The van der Waals surface area contributed by atoms with E-state index in [2.05, 4.69) is 66.4 Å². The number of aryl methyl sites for hydroxylation is 1. The van der Waals surface area contributed by atoms with Crippen LogP contribution in [-0.2, 0) is 43.2 Å². The molecule has 2 N–H and O–H groups in total. The third kappa shape index (κ3) is 14.0. The van der Waals surface area contributed by atoms with Crippen molar-refractivity contribution in [3.8, 4) is 28.6 Å². The number of pyridine rings is 1. The van der Waals surface area contributed by atoms with Gasteiger partial charge >= 0.3 is 12.0 Å². The van der Waals surface area contributed by atoms with Crippen molar-refractivity contribution in [1.29, 1.82) is 5.26 Å². The molecule has 4 aromatic rings. The lowest BCUT2D eigenvalue weighted by Crippen LogP contribution is -2.71. The molecular formula is C51H86N10O6S5. The number of aromatic nitrogens is 3. The van der Waals surface area contributed by atoms with E-state index in [0.29, 0.717) is 37.4 Å². The molecule has 21 heteroatoms. The number of likely N-dealkylation sites (tertiary alicyclic amines) is 1. The number of methoxy groups -OCH3 is 1. The smallest absolute Gasteiger partial charge is 0.324 e. The Morgan fingerprint density at radius 2 is 1.72 bits per heavy atom. The van der Waals surface area contributed by atoms with Crippen molar-refractivity contribution in [2.75, 3.05) is 54.5 Å².